The third-order valence-electron chi connectivity index (χ3n) is 4.98. The van der Waals surface area contributed by atoms with Crippen LogP contribution in [-0.2, 0) is 17.2 Å². The Hall–Kier alpha value is -2.95. The molecule has 4 rings (SSSR count). The van der Waals surface area contributed by atoms with Crippen molar-refractivity contribution in [3.8, 4) is 0 Å². The molecule has 0 N–H and O–H groups in total. The molecule has 2 nitrogen and oxygen atoms in total. The molecule has 1 unspecified atom stereocenters. The van der Waals surface area contributed by atoms with Gasteiger partial charge in [0, 0.05) is 10.6 Å². The van der Waals surface area contributed by atoms with Gasteiger partial charge in [-0.25, -0.2) is 4.21 Å². The zero-order chi connectivity index (χ0) is 23.4. The highest BCUT2D eigenvalue weighted by molar-refractivity contribution is 7.98. The topological polar surface area (TPSA) is 20.3 Å². The monoisotopic (exact) mass is 483 g/mol. The zero-order valence-corrected chi connectivity index (χ0v) is 19.4. The van der Waals surface area contributed by atoms with Gasteiger partial charge in [0.1, 0.15) is 0 Å². The second-order valence-corrected chi connectivity index (χ2v) is 11.0. The summed E-state index contributed by atoms with van der Waals surface area (Å²) in [5.41, 5.74) is 0.752. The fraction of sp³-hybridized carbons (Fsp3) is 0.0769. The Labute approximate surface area is 195 Å². The standard InChI is InChI=1S/C26H21F3NOPS/c1-20-12-18-25(19-13-20)33(31)30(22-16-14-21(15-17-22)26(27,28)29)32(23-8-4-2-5-9-23)24-10-6-3-7-11-24/h2-19H,1H3. The van der Waals surface area contributed by atoms with Crippen LogP contribution in [0, 0.1) is 6.92 Å². The summed E-state index contributed by atoms with van der Waals surface area (Å²) in [6, 6.07) is 31.5. The Balaban J connectivity index is 1.89. The highest BCUT2D eigenvalue weighted by atomic mass is 32.2. The molecular formula is C26H21F3NOPS. The first kappa shape index (κ1) is 23.2. The molecule has 0 bridgehead atoms. The van der Waals surface area contributed by atoms with E-state index in [0.717, 1.165) is 28.3 Å². The zero-order valence-electron chi connectivity index (χ0n) is 17.7. The SMILES string of the molecule is Cc1ccc(S(=O)N(c2ccc(C(F)(F)F)cc2)P(c2ccccc2)c2ccccc2)cc1. The van der Waals surface area contributed by atoms with Gasteiger partial charge in [-0.15, -0.1) is 0 Å². The molecule has 0 aliphatic rings. The fourth-order valence-corrected chi connectivity index (χ4v) is 7.63. The van der Waals surface area contributed by atoms with E-state index in [1.54, 1.807) is 16.2 Å². The minimum absolute atomic E-state index is 0.459. The first-order valence-electron chi connectivity index (χ1n) is 10.2. The van der Waals surface area contributed by atoms with E-state index >= 15 is 0 Å². The Morgan fingerprint density at radius 2 is 1.18 bits per heavy atom. The summed E-state index contributed by atoms with van der Waals surface area (Å²) in [5, 5.41) is 1.89. The van der Waals surface area contributed by atoms with Crippen LogP contribution in [0.3, 0.4) is 0 Å². The Bertz CT molecular complexity index is 1180. The summed E-state index contributed by atoms with van der Waals surface area (Å²) < 4.78 is 55.3. The van der Waals surface area contributed by atoms with Crippen LogP contribution in [0.2, 0.25) is 0 Å². The number of benzene rings is 4. The molecule has 1 atom stereocenters. The molecule has 0 aliphatic carbocycles. The summed E-state index contributed by atoms with van der Waals surface area (Å²) in [5.74, 6) is 0. The minimum atomic E-state index is -4.44. The molecule has 0 aliphatic heterocycles. The Kier molecular flexibility index (Phi) is 6.96. The first-order chi connectivity index (χ1) is 15.8. The lowest BCUT2D eigenvalue weighted by molar-refractivity contribution is -0.137. The number of nitrogens with zero attached hydrogens (tertiary/aromatic N) is 1. The highest BCUT2D eigenvalue weighted by Gasteiger charge is 2.32. The number of hydrogen-bond donors (Lipinski definition) is 0. The Morgan fingerprint density at radius 1 is 0.697 bits per heavy atom. The fourth-order valence-electron chi connectivity index (χ4n) is 3.32. The molecule has 0 saturated carbocycles. The van der Waals surface area contributed by atoms with Crippen molar-refractivity contribution in [1.29, 1.82) is 0 Å². The van der Waals surface area contributed by atoms with E-state index in [4.69, 9.17) is 0 Å². The van der Waals surface area contributed by atoms with Gasteiger partial charge in [0.15, 0.2) is 11.0 Å². The van der Waals surface area contributed by atoms with Crippen LogP contribution in [0.4, 0.5) is 18.9 Å². The maximum Gasteiger partial charge on any atom is 0.416 e. The lowest BCUT2D eigenvalue weighted by Crippen LogP contribution is -2.30. The van der Waals surface area contributed by atoms with Gasteiger partial charge in [-0.1, -0.05) is 78.4 Å². The second kappa shape index (κ2) is 9.90. The van der Waals surface area contributed by atoms with Gasteiger partial charge < -0.3 is 0 Å². The highest BCUT2D eigenvalue weighted by Crippen LogP contribution is 2.45. The molecule has 0 saturated heterocycles. The van der Waals surface area contributed by atoms with E-state index < -0.39 is 30.8 Å². The molecule has 7 heteroatoms. The lowest BCUT2D eigenvalue weighted by atomic mass is 10.2. The largest absolute Gasteiger partial charge is 0.416 e. The van der Waals surface area contributed by atoms with Gasteiger partial charge >= 0.3 is 6.18 Å². The Morgan fingerprint density at radius 3 is 1.64 bits per heavy atom. The number of alkyl halides is 3. The van der Waals surface area contributed by atoms with Gasteiger partial charge in [-0.3, -0.25) is 4.08 Å². The lowest BCUT2D eigenvalue weighted by Gasteiger charge is -2.33. The van der Waals surface area contributed by atoms with E-state index in [9.17, 15) is 17.4 Å². The van der Waals surface area contributed by atoms with Gasteiger partial charge in [-0.2, -0.15) is 13.2 Å². The maximum atomic E-state index is 14.0. The average molecular weight is 483 g/mol. The molecule has 168 valence electrons. The average Bonchev–Trinajstić information content (AvgIpc) is 2.83. The van der Waals surface area contributed by atoms with E-state index in [2.05, 4.69) is 0 Å². The van der Waals surface area contributed by atoms with Crippen LogP contribution >= 0.6 is 8.07 Å². The van der Waals surface area contributed by atoms with Crippen LogP contribution in [-0.4, -0.2) is 4.21 Å². The van der Waals surface area contributed by atoms with Crippen molar-refractivity contribution >= 4 is 35.4 Å². The van der Waals surface area contributed by atoms with Crippen molar-refractivity contribution in [2.45, 2.75) is 18.0 Å². The number of anilines is 1. The molecule has 4 aromatic rings. The van der Waals surface area contributed by atoms with E-state index in [1.807, 2.05) is 79.7 Å². The van der Waals surface area contributed by atoms with Gasteiger partial charge in [-0.05, 0) is 43.3 Å². The molecule has 0 fully saturated rings. The number of aryl methyl sites for hydroxylation is 1. The van der Waals surface area contributed by atoms with Crippen LogP contribution in [0.5, 0.6) is 0 Å². The minimum Gasteiger partial charge on any atom is -0.258 e. The molecule has 0 radical (unpaired) electrons. The summed E-state index contributed by atoms with van der Waals surface area (Å²) in [7, 11) is -3.01. The number of hydrogen-bond acceptors (Lipinski definition) is 1. The first-order valence-corrected chi connectivity index (χ1v) is 12.6. The molecule has 0 aromatic heterocycles. The van der Waals surface area contributed by atoms with Gasteiger partial charge in [0.2, 0.25) is 0 Å². The normalized spacial score (nSPS) is 12.5. The van der Waals surface area contributed by atoms with Crippen molar-refractivity contribution in [3.05, 3.63) is 120 Å². The second-order valence-electron chi connectivity index (χ2n) is 7.36. The molecule has 0 amide bonds. The van der Waals surface area contributed by atoms with Crippen LogP contribution in [0.1, 0.15) is 11.1 Å². The van der Waals surface area contributed by atoms with E-state index in [1.165, 1.54) is 12.1 Å². The maximum absolute atomic E-state index is 14.0. The molecule has 4 aromatic carbocycles. The molecule has 33 heavy (non-hydrogen) atoms. The molecule has 0 spiro atoms. The molecular weight excluding hydrogens is 462 g/mol. The quantitative estimate of drug-likeness (QED) is 0.283. The summed E-state index contributed by atoms with van der Waals surface area (Å²) in [4.78, 5) is 0.583. The van der Waals surface area contributed by atoms with Crippen molar-refractivity contribution in [1.82, 2.24) is 0 Å². The van der Waals surface area contributed by atoms with Crippen LogP contribution < -0.4 is 14.7 Å². The van der Waals surface area contributed by atoms with Crippen LogP contribution in [0.25, 0.3) is 0 Å². The predicted molar refractivity (Wildman–Crippen MR) is 131 cm³/mol. The van der Waals surface area contributed by atoms with Crippen LogP contribution in [0.15, 0.2) is 114 Å². The third kappa shape index (κ3) is 5.35. The third-order valence-corrected chi connectivity index (χ3v) is 9.28. The van der Waals surface area contributed by atoms with Gasteiger partial charge in [0.05, 0.1) is 24.2 Å². The van der Waals surface area contributed by atoms with Gasteiger partial charge in [0.25, 0.3) is 0 Å². The summed E-state index contributed by atoms with van der Waals surface area (Å²) in [6.45, 7) is 1.95. The summed E-state index contributed by atoms with van der Waals surface area (Å²) in [6.07, 6.45) is -4.44. The smallest absolute Gasteiger partial charge is 0.258 e. The van der Waals surface area contributed by atoms with Crippen molar-refractivity contribution < 1.29 is 17.4 Å². The van der Waals surface area contributed by atoms with Crippen molar-refractivity contribution in [3.63, 3.8) is 0 Å². The number of rotatable bonds is 6. The van der Waals surface area contributed by atoms with E-state index in [-0.39, 0.29) is 0 Å². The van der Waals surface area contributed by atoms with Crippen molar-refractivity contribution in [2.75, 3.05) is 4.08 Å². The predicted octanol–water partition coefficient (Wildman–Crippen LogP) is 6.59. The number of halogens is 3. The van der Waals surface area contributed by atoms with Crippen molar-refractivity contribution in [2.24, 2.45) is 0 Å². The summed E-state index contributed by atoms with van der Waals surface area (Å²) >= 11 is 0. The molecule has 0 heterocycles. The van der Waals surface area contributed by atoms with E-state index in [0.29, 0.717) is 10.6 Å².